The van der Waals surface area contributed by atoms with Gasteiger partial charge in [0, 0.05) is 0 Å². The van der Waals surface area contributed by atoms with Gasteiger partial charge in [0.15, 0.2) is 0 Å². The van der Waals surface area contributed by atoms with Crippen molar-refractivity contribution in [1.82, 2.24) is 0 Å². The van der Waals surface area contributed by atoms with Crippen LogP contribution < -0.4 is 0 Å². The fourth-order valence-electron chi connectivity index (χ4n) is 6.04. The molecule has 3 heteroatoms. The highest BCUT2D eigenvalue weighted by Crippen LogP contribution is 2.34. The SMILES string of the molecule is N#Cc1ccc(-c2cccc(-c3cccc(-c4ccc(-c5cccc(-c6cccc(-c7ccc(C#N)cc7)c6)c5)c(C#N)c4)c3)c2)cc1. The molecule has 0 N–H and O–H groups in total. The summed E-state index contributed by atoms with van der Waals surface area (Å²) in [6.07, 6.45) is 0. The van der Waals surface area contributed by atoms with Crippen molar-refractivity contribution >= 4 is 0 Å². The van der Waals surface area contributed by atoms with Gasteiger partial charge in [0.2, 0.25) is 0 Å². The minimum absolute atomic E-state index is 0.615. The van der Waals surface area contributed by atoms with Gasteiger partial charge in [0.25, 0.3) is 0 Å². The van der Waals surface area contributed by atoms with Crippen molar-refractivity contribution < 1.29 is 0 Å². The van der Waals surface area contributed by atoms with Gasteiger partial charge in [-0.15, -0.1) is 0 Å². The van der Waals surface area contributed by atoms with Crippen molar-refractivity contribution in [3.8, 4) is 85.0 Å². The zero-order chi connectivity index (χ0) is 32.9. The molecular weight excluding hydrogens is 583 g/mol. The Morgan fingerprint density at radius 3 is 0.958 bits per heavy atom. The molecular formula is C45H27N3. The van der Waals surface area contributed by atoms with E-state index < -0.39 is 0 Å². The highest BCUT2D eigenvalue weighted by Gasteiger charge is 2.11. The Bertz CT molecular complexity index is 2420. The van der Waals surface area contributed by atoms with Crippen LogP contribution in [-0.4, -0.2) is 0 Å². The molecule has 0 aliphatic carbocycles. The van der Waals surface area contributed by atoms with Crippen molar-refractivity contribution in [3.63, 3.8) is 0 Å². The van der Waals surface area contributed by atoms with Crippen LogP contribution in [-0.2, 0) is 0 Å². The summed E-state index contributed by atoms with van der Waals surface area (Å²) in [5, 5.41) is 28.6. The van der Waals surface area contributed by atoms with E-state index in [4.69, 9.17) is 10.5 Å². The van der Waals surface area contributed by atoms with Gasteiger partial charge in [-0.05, 0) is 121 Å². The van der Waals surface area contributed by atoms with Crippen molar-refractivity contribution in [2.24, 2.45) is 0 Å². The molecule has 0 saturated carbocycles. The van der Waals surface area contributed by atoms with Crippen LogP contribution >= 0.6 is 0 Å². The summed E-state index contributed by atoms with van der Waals surface area (Å²) in [5.74, 6) is 0. The van der Waals surface area contributed by atoms with Gasteiger partial charge in [-0.25, -0.2) is 0 Å². The Morgan fingerprint density at radius 1 is 0.271 bits per heavy atom. The molecule has 3 nitrogen and oxygen atoms in total. The van der Waals surface area contributed by atoms with Crippen LogP contribution in [0.3, 0.4) is 0 Å². The highest BCUT2D eigenvalue weighted by molar-refractivity contribution is 5.82. The number of nitriles is 3. The largest absolute Gasteiger partial charge is 0.192 e. The monoisotopic (exact) mass is 609 g/mol. The third-order valence-electron chi connectivity index (χ3n) is 8.60. The maximum Gasteiger partial charge on any atom is 0.0998 e. The molecule has 0 saturated heterocycles. The van der Waals surface area contributed by atoms with E-state index in [0.29, 0.717) is 16.7 Å². The van der Waals surface area contributed by atoms with E-state index in [-0.39, 0.29) is 0 Å². The second-order valence-corrected chi connectivity index (χ2v) is 11.6. The molecule has 0 aliphatic heterocycles. The zero-order valence-electron chi connectivity index (χ0n) is 25.9. The summed E-state index contributed by atoms with van der Waals surface area (Å²) < 4.78 is 0. The minimum Gasteiger partial charge on any atom is -0.192 e. The molecule has 222 valence electrons. The maximum atomic E-state index is 10.3. The molecule has 0 atom stereocenters. The van der Waals surface area contributed by atoms with Gasteiger partial charge < -0.3 is 0 Å². The zero-order valence-corrected chi connectivity index (χ0v) is 25.9. The van der Waals surface area contributed by atoms with Crippen LogP contribution in [0.15, 0.2) is 164 Å². The molecule has 0 amide bonds. The fourth-order valence-corrected chi connectivity index (χ4v) is 6.04. The van der Waals surface area contributed by atoms with Crippen molar-refractivity contribution in [1.29, 1.82) is 15.8 Å². The number of nitrogens with zero attached hydrogens (tertiary/aromatic N) is 3. The van der Waals surface area contributed by atoms with E-state index in [2.05, 4.69) is 103 Å². The Hall–Kier alpha value is -6.99. The lowest BCUT2D eigenvalue weighted by Crippen LogP contribution is -1.89. The van der Waals surface area contributed by atoms with E-state index in [1.165, 1.54) is 0 Å². The molecule has 0 fully saturated rings. The Morgan fingerprint density at radius 2 is 0.583 bits per heavy atom. The Balaban J connectivity index is 1.18. The van der Waals surface area contributed by atoms with Crippen LogP contribution in [0.2, 0.25) is 0 Å². The molecule has 0 unspecified atom stereocenters. The van der Waals surface area contributed by atoms with E-state index in [1.54, 1.807) is 0 Å². The van der Waals surface area contributed by atoms with Crippen LogP contribution in [0.5, 0.6) is 0 Å². The highest BCUT2D eigenvalue weighted by atomic mass is 14.3. The molecule has 48 heavy (non-hydrogen) atoms. The van der Waals surface area contributed by atoms with Crippen LogP contribution in [0.1, 0.15) is 16.7 Å². The summed E-state index contributed by atoms with van der Waals surface area (Å²) in [6, 6.07) is 61.6. The number of hydrogen-bond acceptors (Lipinski definition) is 3. The molecule has 0 aromatic heterocycles. The van der Waals surface area contributed by atoms with E-state index >= 15 is 0 Å². The normalized spacial score (nSPS) is 10.4. The number of rotatable bonds is 6. The second kappa shape index (κ2) is 13.2. The number of hydrogen-bond donors (Lipinski definition) is 0. The molecule has 7 rings (SSSR count). The lowest BCUT2D eigenvalue weighted by Gasteiger charge is -2.12. The van der Waals surface area contributed by atoms with E-state index in [9.17, 15) is 5.26 Å². The first-order valence-electron chi connectivity index (χ1n) is 15.6. The number of benzene rings is 7. The average molecular weight is 610 g/mol. The van der Waals surface area contributed by atoms with Crippen molar-refractivity contribution in [2.45, 2.75) is 0 Å². The van der Waals surface area contributed by atoms with Gasteiger partial charge in [0.05, 0.1) is 34.9 Å². The second-order valence-electron chi connectivity index (χ2n) is 11.6. The molecule has 7 aromatic rings. The molecule has 0 bridgehead atoms. The van der Waals surface area contributed by atoms with E-state index in [0.717, 1.165) is 66.8 Å². The lowest BCUT2D eigenvalue weighted by molar-refractivity contribution is 1.47. The first kappa shape index (κ1) is 29.7. The minimum atomic E-state index is 0.615. The quantitative estimate of drug-likeness (QED) is 0.188. The van der Waals surface area contributed by atoms with Crippen LogP contribution in [0.4, 0.5) is 0 Å². The predicted octanol–water partition coefficient (Wildman–Crippen LogP) is 11.3. The summed E-state index contributed by atoms with van der Waals surface area (Å²) >= 11 is 0. The topological polar surface area (TPSA) is 71.4 Å². The molecule has 0 heterocycles. The van der Waals surface area contributed by atoms with Crippen molar-refractivity contribution in [3.05, 3.63) is 180 Å². The smallest absolute Gasteiger partial charge is 0.0998 e. The first-order valence-corrected chi connectivity index (χ1v) is 15.6. The first-order chi connectivity index (χ1) is 23.6. The third-order valence-corrected chi connectivity index (χ3v) is 8.60. The maximum absolute atomic E-state index is 10.3. The summed E-state index contributed by atoms with van der Waals surface area (Å²) in [4.78, 5) is 0. The van der Waals surface area contributed by atoms with Gasteiger partial charge in [-0.2, -0.15) is 15.8 Å². The standard InChI is InChI=1S/C45H27N3/c46-28-31-13-17-33(18-14-31)35-5-1-7-37(23-35)39-9-3-10-40(25-39)42-21-22-45(44(27-42)30-48)43-12-4-11-41(26-43)38-8-2-6-36(24-38)34-19-15-32(29-47)16-20-34/h1-27H. The van der Waals surface area contributed by atoms with Gasteiger partial charge in [-0.1, -0.05) is 109 Å². The predicted molar refractivity (Wildman–Crippen MR) is 193 cm³/mol. The molecule has 0 aliphatic rings. The van der Waals surface area contributed by atoms with Gasteiger partial charge in [0.1, 0.15) is 0 Å². The Labute approximate surface area is 280 Å². The van der Waals surface area contributed by atoms with Crippen molar-refractivity contribution in [2.75, 3.05) is 0 Å². The average Bonchev–Trinajstić information content (AvgIpc) is 3.18. The Kier molecular flexibility index (Phi) is 8.15. The lowest BCUT2D eigenvalue weighted by atomic mass is 9.92. The van der Waals surface area contributed by atoms with E-state index in [1.807, 2.05) is 78.9 Å². The molecule has 0 spiro atoms. The molecule has 0 radical (unpaired) electrons. The van der Waals surface area contributed by atoms with Crippen LogP contribution in [0.25, 0.3) is 66.8 Å². The summed E-state index contributed by atoms with van der Waals surface area (Å²) in [5.41, 5.74) is 14.4. The summed E-state index contributed by atoms with van der Waals surface area (Å²) in [7, 11) is 0. The third kappa shape index (κ3) is 6.11. The summed E-state index contributed by atoms with van der Waals surface area (Å²) in [6.45, 7) is 0. The molecule has 7 aromatic carbocycles. The van der Waals surface area contributed by atoms with Gasteiger partial charge in [-0.3, -0.25) is 0 Å². The van der Waals surface area contributed by atoms with Crippen LogP contribution in [0, 0.1) is 34.0 Å². The fraction of sp³-hybridized carbons (Fsp3) is 0. The van der Waals surface area contributed by atoms with Gasteiger partial charge >= 0.3 is 0 Å².